The molecule has 2 atom stereocenters. The number of hydrogen-bond acceptors (Lipinski definition) is 5. The first-order valence-electron chi connectivity index (χ1n) is 9.66. The Bertz CT molecular complexity index is 1030. The van der Waals surface area contributed by atoms with Crippen LogP contribution in [-0.2, 0) is 17.9 Å². The molecular formula is C23H24N2O3S. The molecule has 150 valence electrons. The molecule has 0 aliphatic heterocycles. The molecule has 2 aromatic carbocycles. The highest BCUT2D eigenvalue weighted by Gasteiger charge is 2.20. The van der Waals surface area contributed by atoms with E-state index in [9.17, 15) is 5.11 Å². The molecule has 4 aromatic rings. The van der Waals surface area contributed by atoms with Crippen molar-refractivity contribution in [2.24, 2.45) is 0 Å². The van der Waals surface area contributed by atoms with Gasteiger partial charge in [0.05, 0.1) is 36.9 Å². The second-order valence-corrected chi connectivity index (χ2v) is 7.92. The highest BCUT2D eigenvalue weighted by molar-refractivity contribution is 7.09. The summed E-state index contributed by atoms with van der Waals surface area (Å²) in [5.41, 5.74) is 1.86. The minimum atomic E-state index is -0.643. The van der Waals surface area contributed by atoms with Crippen LogP contribution in [0.25, 0.3) is 11.0 Å². The Morgan fingerprint density at radius 3 is 2.62 bits per heavy atom. The Morgan fingerprint density at radius 1 is 1.03 bits per heavy atom. The number of fused-ring (bicyclic) bond motifs is 1. The van der Waals surface area contributed by atoms with Crippen LogP contribution < -0.4 is 4.74 Å². The average Bonchev–Trinajstić information content (AvgIpc) is 3.37. The Hall–Kier alpha value is -2.67. The van der Waals surface area contributed by atoms with Crippen LogP contribution in [0.5, 0.6) is 5.75 Å². The third-order valence-corrected chi connectivity index (χ3v) is 5.48. The number of para-hydroxylation sites is 3. The maximum absolute atomic E-state index is 10.6. The van der Waals surface area contributed by atoms with Gasteiger partial charge in [-0.1, -0.05) is 36.4 Å². The van der Waals surface area contributed by atoms with E-state index < -0.39 is 6.10 Å². The molecule has 5 nitrogen and oxygen atoms in total. The summed E-state index contributed by atoms with van der Waals surface area (Å²) < 4.78 is 13.8. The number of benzene rings is 2. The van der Waals surface area contributed by atoms with Crippen LogP contribution >= 0.6 is 11.3 Å². The van der Waals surface area contributed by atoms with E-state index in [0.717, 1.165) is 27.5 Å². The molecule has 0 aliphatic rings. The van der Waals surface area contributed by atoms with E-state index >= 15 is 0 Å². The number of thiophene rings is 1. The number of aliphatic hydroxyl groups is 1. The van der Waals surface area contributed by atoms with Gasteiger partial charge in [-0.3, -0.25) is 0 Å². The molecule has 0 radical (unpaired) electrons. The molecule has 6 heteroatoms. The number of ether oxygens (including phenoxy) is 2. The zero-order chi connectivity index (χ0) is 20.1. The van der Waals surface area contributed by atoms with Gasteiger partial charge in [0.25, 0.3) is 0 Å². The SMILES string of the molecule is CC(Oc1ccccc1)c1nc2ccccc2n1CC(O)COCc1cccs1. The lowest BCUT2D eigenvalue weighted by molar-refractivity contribution is 0.0207. The van der Waals surface area contributed by atoms with Gasteiger partial charge in [-0.15, -0.1) is 11.3 Å². The zero-order valence-corrected chi connectivity index (χ0v) is 17.1. The second kappa shape index (κ2) is 9.22. The van der Waals surface area contributed by atoms with E-state index in [1.807, 2.05) is 83.6 Å². The van der Waals surface area contributed by atoms with Crippen molar-refractivity contribution in [3.8, 4) is 5.75 Å². The molecule has 0 amide bonds. The van der Waals surface area contributed by atoms with Crippen LogP contribution in [-0.4, -0.2) is 27.4 Å². The quantitative estimate of drug-likeness (QED) is 0.432. The van der Waals surface area contributed by atoms with E-state index in [1.165, 1.54) is 0 Å². The van der Waals surface area contributed by atoms with Crippen LogP contribution in [0.1, 0.15) is 23.7 Å². The smallest absolute Gasteiger partial charge is 0.153 e. The standard InChI is InChI=1S/C23H24N2O3S/c1-17(28-19-8-3-2-4-9-19)23-24-21-11-5-6-12-22(21)25(23)14-18(26)15-27-16-20-10-7-13-29-20/h2-13,17-18,26H,14-16H2,1H3. The van der Waals surface area contributed by atoms with E-state index in [1.54, 1.807) is 11.3 Å². The third kappa shape index (κ3) is 4.85. The first-order valence-corrected chi connectivity index (χ1v) is 10.5. The van der Waals surface area contributed by atoms with Crippen molar-refractivity contribution in [2.45, 2.75) is 32.3 Å². The van der Waals surface area contributed by atoms with Crippen molar-refractivity contribution >= 4 is 22.4 Å². The van der Waals surface area contributed by atoms with Gasteiger partial charge in [-0.25, -0.2) is 4.98 Å². The molecule has 0 fully saturated rings. The number of nitrogens with zero attached hydrogens (tertiary/aromatic N) is 2. The maximum Gasteiger partial charge on any atom is 0.153 e. The molecule has 29 heavy (non-hydrogen) atoms. The van der Waals surface area contributed by atoms with Gasteiger partial charge in [0.1, 0.15) is 5.75 Å². The van der Waals surface area contributed by atoms with Gasteiger partial charge >= 0.3 is 0 Å². The molecule has 0 spiro atoms. The normalized spacial score (nSPS) is 13.4. The fourth-order valence-electron chi connectivity index (χ4n) is 3.31. The van der Waals surface area contributed by atoms with E-state index in [2.05, 4.69) is 0 Å². The van der Waals surface area contributed by atoms with Crippen LogP contribution in [0.2, 0.25) is 0 Å². The minimum absolute atomic E-state index is 0.260. The molecule has 0 saturated carbocycles. The second-order valence-electron chi connectivity index (χ2n) is 6.89. The van der Waals surface area contributed by atoms with Gasteiger partial charge < -0.3 is 19.1 Å². The molecule has 2 aromatic heterocycles. The molecule has 1 N–H and O–H groups in total. The van der Waals surface area contributed by atoms with Crippen LogP contribution in [0.4, 0.5) is 0 Å². The van der Waals surface area contributed by atoms with Crippen molar-refractivity contribution in [3.63, 3.8) is 0 Å². The van der Waals surface area contributed by atoms with Gasteiger partial charge in [0.15, 0.2) is 11.9 Å². The molecule has 0 bridgehead atoms. The molecular weight excluding hydrogens is 384 g/mol. The summed E-state index contributed by atoms with van der Waals surface area (Å²) in [6.07, 6.45) is -0.903. The lowest BCUT2D eigenvalue weighted by Gasteiger charge is -2.19. The van der Waals surface area contributed by atoms with E-state index in [4.69, 9.17) is 14.5 Å². The predicted molar refractivity (Wildman–Crippen MR) is 115 cm³/mol. The van der Waals surface area contributed by atoms with Crippen molar-refractivity contribution in [3.05, 3.63) is 82.8 Å². The van der Waals surface area contributed by atoms with Crippen molar-refractivity contribution in [1.29, 1.82) is 0 Å². The van der Waals surface area contributed by atoms with Gasteiger partial charge in [0, 0.05) is 4.88 Å². The zero-order valence-electron chi connectivity index (χ0n) is 16.3. The van der Waals surface area contributed by atoms with Crippen molar-refractivity contribution in [1.82, 2.24) is 9.55 Å². The van der Waals surface area contributed by atoms with Crippen LogP contribution in [0.15, 0.2) is 72.1 Å². The third-order valence-electron chi connectivity index (χ3n) is 4.63. The molecule has 2 unspecified atom stereocenters. The largest absolute Gasteiger partial charge is 0.483 e. The number of hydrogen-bond donors (Lipinski definition) is 1. The van der Waals surface area contributed by atoms with Gasteiger partial charge in [-0.2, -0.15) is 0 Å². The first kappa shape index (κ1) is 19.6. The van der Waals surface area contributed by atoms with Gasteiger partial charge in [-0.05, 0) is 42.6 Å². The fourth-order valence-corrected chi connectivity index (χ4v) is 3.95. The summed E-state index contributed by atoms with van der Waals surface area (Å²) >= 11 is 1.65. The molecule has 2 heterocycles. The van der Waals surface area contributed by atoms with Crippen molar-refractivity contribution < 1.29 is 14.6 Å². The average molecular weight is 409 g/mol. The van der Waals surface area contributed by atoms with Crippen LogP contribution in [0, 0.1) is 0 Å². The van der Waals surface area contributed by atoms with Crippen molar-refractivity contribution in [2.75, 3.05) is 6.61 Å². The predicted octanol–water partition coefficient (Wildman–Crippen LogP) is 4.82. The molecule has 0 saturated heterocycles. The lowest BCUT2D eigenvalue weighted by Crippen LogP contribution is -2.24. The minimum Gasteiger partial charge on any atom is -0.483 e. The summed E-state index contributed by atoms with van der Waals surface area (Å²) in [5.74, 6) is 1.57. The Kier molecular flexibility index (Phi) is 6.24. The Balaban J connectivity index is 1.50. The number of aliphatic hydroxyl groups excluding tert-OH is 1. The highest BCUT2D eigenvalue weighted by atomic mass is 32.1. The highest BCUT2D eigenvalue weighted by Crippen LogP contribution is 2.25. The van der Waals surface area contributed by atoms with Crippen LogP contribution in [0.3, 0.4) is 0 Å². The Morgan fingerprint density at radius 2 is 1.83 bits per heavy atom. The topological polar surface area (TPSA) is 56.5 Å². The number of rotatable bonds is 9. The number of aromatic nitrogens is 2. The van der Waals surface area contributed by atoms with Gasteiger partial charge in [0.2, 0.25) is 0 Å². The summed E-state index contributed by atoms with van der Waals surface area (Å²) in [4.78, 5) is 5.92. The molecule has 0 aliphatic carbocycles. The maximum atomic E-state index is 10.6. The monoisotopic (exact) mass is 408 g/mol. The summed E-state index contributed by atoms with van der Waals surface area (Å²) in [7, 11) is 0. The summed E-state index contributed by atoms with van der Waals surface area (Å²) in [6, 6.07) is 21.7. The number of imidazole rings is 1. The lowest BCUT2D eigenvalue weighted by atomic mass is 10.3. The van der Waals surface area contributed by atoms with E-state index in [-0.39, 0.29) is 12.7 Å². The molecule has 4 rings (SSSR count). The first-order chi connectivity index (χ1) is 14.2. The fraction of sp³-hybridized carbons (Fsp3) is 0.261. The van der Waals surface area contributed by atoms with E-state index in [0.29, 0.717) is 13.2 Å². The Labute approximate surface area is 174 Å². The summed E-state index contributed by atoms with van der Waals surface area (Å²) in [6.45, 7) is 3.14. The summed E-state index contributed by atoms with van der Waals surface area (Å²) in [5, 5.41) is 12.6.